The summed E-state index contributed by atoms with van der Waals surface area (Å²) in [4.78, 5) is 0. The number of nitrogens with one attached hydrogen (secondary N) is 1. The third kappa shape index (κ3) is 2.91. The Bertz CT molecular complexity index is 549. The fourth-order valence-electron chi connectivity index (χ4n) is 1.66. The molecule has 0 aliphatic carbocycles. The number of benzene rings is 2. The predicted molar refractivity (Wildman–Crippen MR) is 68.2 cm³/mol. The topological polar surface area (TPSA) is 52.5 Å². The molecule has 0 fully saturated rings. The Morgan fingerprint density at radius 3 is 2.56 bits per heavy atom. The molecule has 0 amide bonds. The molecule has 3 N–H and O–H groups in total. The Balaban J connectivity index is 2.08. The van der Waals surface area contributed by atoms with Crippen LogP contribution in [0.1, 0.15) is 11.1 Å². The highest BCUT2D eigenvalue weighted by atomic mass is 19.1. The number of rotatable bonds is 3. The van der Waals surface area contributed by atoms with Gasteiger partial charge in [-0.25, -0.2) is 4.39 Å². The van der Waals surface area contributed by atoms with Crippen molar-refractivity contribution in [2.75, 3.05) is 5.32 Å². The first-order valence-electron chi connectivity index (χ1n) is 5.56. The second kappa shape index (κ2) is 4.96. The molecule has 0 saturated heterocycles. The molecule has 0 atom stereocenters. The largest absolute Gasteiger partial charge is 0.508 e. The molecule has 0 aliphatic rings. The SMILES string of the molecule is Cc1ccc(NCc2cc(O)cc(F)c2)cc1O. The van der Waals surface area contributed by atoms with Crippen LogP contribution in [-0.2, 0) is 6.54 Å². The maximum atomic E-state index is 13.0. The van der Waals surface area contributed by atoms with Gasteiger partial charge in [0.25, 0.3) is 0 Å². The highest BCUT2D eigenvalue weighted by Gasteiger charge is 2.01. The van der Waals surface area contributed by atoms with E-state index in [0.29, 0.717) is 12.1 Å². The van der Waals surface area contributed by atoms with Gasteiger partial charge < -0.3 is 15.5 Å². The van der Waals surface area contributed by atoms with Crippen LogP contribution in [0.2, 0.25) is 0 Å². The van der Waals surface area contributed by atoms with Gasteiger partial charge in [0.15, 0.2) is 0 Å². The lowest BCUT2D eigenvalue weighted by atomic mass is 10.2. The lowest BCUT2D eigenvalue weighted by Gasteiger charge is -2.08. The molecule has 2 rings (SSSR count). The highest BCUT2D eigenvalue weighted by Crippen LogP contribution is 2.22. The third-order valence-electron chi connectivity index (χ3n) is 2.65. The van der Waals surface area contributed by atoms with Gasteiger partial charge in [-0.05, 0) is 36.2 Å². The first-order chi connectivity index (χ1) is 8.54. The van der Waals surface area contributed by atoms with Gasteiger partial charge in [0.2, 0.25) is 0 Å². The van der Waals surface area contributed by atoms with E-state index in [1.165, 1.54) is 12.1 Å². The van der Waals surface area contributed by atoms with Crippen LogP contribution in [0.25, 0.3) is 0 Å². The van der Waals surface area contributed by atoms with Crippen LogP contribution in [0.5, 0.6) is 11.5 Å². The fraction of sp³-hybridized carbons (Fsp3) is 0.143. The fourth-order valence-corrected chi connectivity index (χ4v) is 1.66. The summed E-state index contributed by atoms with van der Waals surface area (Å²) in [6.07, 6.45) is 0. The van der Waals surface area contributed by atoms with Gasteiger partial charge in [0, 0.05) is 24.4 Å². The minimum Gasteiger partial charge on any atom is -0.508 e. The first kappa shape index (κ1) is 12.2. The maximum absolute atomic E-state index is 13.0. The van der Waals surface area contributed by atoms with E-state index >= 15 is 0 Å². The molecule has 94 valence electrons. The van der Waals surface area contributed by atoms with Gasteiger partial charge in [0.1, 0.15) is 17.3 Å². The summed E-state index contributed by atoms with van der Waals surface area (Å²) >= 11 is 0. The summed E-state index contributed by atoms with van der Waals surface area (Å²) in [5.41, 5.74) is 2.17. The molecule has 4 heteroatoms. The van der Waals surface area contributed by atoms with Crippen molar-refractivity contribution in [2.45, 2.75) is 13.5 Å². The van der Waals surface area contributed by atoms with Crippen LogP contribution in [-0.4, -0.2) is 10.2 Å². The molecule has 3 nitrogen and oxygen atoms in total. The number of aromatic hydroxyl groups is 2. The molecule has 0 aliphatic heterocycles. The molecule has 0 aromatic heterocycles. The molecule has 0 bridgehead atoms. The molecule has 0 heterocycles. The lowest BCUT2D eigenvalue weighted by Crippen LogP contribution is -1.99. The Morgan fingerprint density at radius 2 is 1.89 bits per heavy atom. The van der Waals surface area contributed by atoms with E-state index in [0.717, 1.165) is 17.3 Å². The number of hydrogen-bond donors (Lipinski definition) is 3. The van der Waals surface area contributed by atoms with Crippen LogP contribution in [0.4, 0.5) is 10.1 Å². The van der Waals surface area contributed by atoms with E-state index in [9.17, 15) is 14.6 Å². The standard InChI is InChI=1S/C14H14FNO2/c1-9-2-3-12(7-14(9)18)16-8-10-4-11(15)6-13(17)5-10/h2-7,16-18H,8H2,1H3. The van der Waals surface area contributed by atoms with Crippen molar-refractivity contribution in [1.82, 2.24) is 0 Å². The van der Waals surface area contributed by atoms with E-state index < -0.39 is 5.82 Å². The lowest BCUT2D eigenvalue weighted by molar-refractivity contribution is 0.468. The van der Waals surface area contributed by atoms with Crippen molar-refractivity contribution in [3.05, 3.63) is 53.3 Å². The van der Waals surface area contributed by atoms with E-state index in [4.69, 9.17) is 0 Å². The molecule has 2 aromatic rings. The second-order valence-electron chi connectivity index (χ2n) is 4.17. The van der Waals surface area contributed by atoms with Crippen molar-refractivity contribution >= 4 is 5.69 Å². The monoisotopic (exact) mass is 247 g/mol. The molecule has 0 unspecified atom stereocenters. The number of anilines is 1. The normalized spacial score (nSPS) is 10.3. The van der Waals surface area contributed by atoms with Crippen LogP contribution < -0.4 is 5.32 Å². The minimum absolute atomic E-state index is 0.0986. The van der Waals surface area contributed by atoms with Crippen molar-refractivity contribution in [1.29, 1.82) is 0 Å². The summed E-state index contributed by atoms with van der Waals surface area (Å²) < 4.78 is 13.0. The van der Waals surface area contributed by atoms with Crippen molar-refractivity contribution < 1.29 is 14.6 Å². The minimum atomic E-state index is -0.474. The number of halogens is 1. The zero-order chi connectivity index (χ0) is 13.1. The van der Waals surface area contributed by atoms with Crippen LogP contribution in [0, 0.1) is 12.7 Å². The summed E-state index contributed by atoms with van der Waals surface area (Å²) in [5, 5.41) is 21.9. The maximum Gasteiger partial charge on any atom is 0.127 e. The highest BCUT2D eigenvalue weighted by molar-refractivity contribution is 5.51. The number of phenolic OH excluding ortho intramolecular Hbond substituents is 2. The van der Waals surface area contributed by atoms with Gasteiger partial charge >= 0.3 is 0 Å². The van der Waals surface area contributed by atoms with E-state index in [-0.39, 0.29) is 11.5 Å². The number of phenols is 2. The van der Waals surface area contributed by atoms with E-state index in [1.807, 2.05) is 13.0 Å². The Kier molecular flexibility index (Phi) is 3.37. The van der Waals surface area contributed by atoms with Gasteiger partial charge in [-0.1, -0.05) is 6.07 Å². The Morgan fingerprint density at radius 1 is 1.11 bits per heavy atom. The summed E-state index contributed by atoms with van der Waals surface area (Å²) in [7, 11) is 0. The smallest absolute Gasteiger partial charge is 0.127 e. The first-order valence-corrected chi connectivity index (χ1v) is 5.56. The van der Waals surface area contributed by atoms with Gasteiger partial charge in [-0.2, -0.15) is 0 Å². The van der Waals surface area contributed by atoms with Crippen LogP contribution in [0.15, 0.2) is 36.4 Å². The molecule has 0 spiro atoms. The van der Waals surface area contributed by atoms with Gasteiger partial charge in [-0.15, -0.1) is 0 Å². The van der Waals surface area contributed by atoms with E-state index in [2.05, 4.69) is 5.32 Å². The van der Waals surface area contributed by atoms with Gasteiger partial charge in [-0.3, -0.25) is 0 Å². The number of aryl methyl sites for hydroxylation is 1. The van der Waals surface area contributed by atoms with Crippen LogP contribution in [0.3, 0.4) is 0 Å². The molecule has 18 heavy (non-hydrogen) atoms. The summed E-state index contributed by atoms with van der Waals surface area (Å²) in [6.45, 7) is 2.18. The zero-order valence-corrected chi connectivity index (χ0v) is 9.94. The average molecular weight is 247 g/mol. The van der Waals surface area contributed by atoms with E-state index in [1.54, 1.807) is 12.1 Å². The van der Waals surface area contributed by atoms with Crippen LogP contribution >= 0.6 is 0 Å². The molecular formula is C14H14FNO2. The molecule has 0 saturated carbocycles. The predicted octanol–water partition coefficient (Wildman–Crippen LogP) is 3.16. The molecule has 0 radical (unpaired) electrons. The van der Waals surface area contributed by atoms with Crippen molar-refractivity contribution in [3.8, 4) is 11.5 Å². The summed E-state index contributed by atoms with van der Waals surface area (Å²) in [6, 6.07) is 9.12. The van der Waals surface area contributed by atoms with Crippen molar-refractivity contribution in [2.24, 2.45) is 0 Å². The Hall–Kier alpha value is -2.23. The summed E-state index contributed by atoms with van der Waals surface area (Å²) in [5.74, 6) is -0.362. The zero-order valence-electron chi connectivity index (χ0n) is 9.94. The molecular weight excluding hydrogens is 233 g/mol. The second-order valence-corrected chi connectivity index (χ2v) is 4.17. The third-order valence-corrected chi connectivity index (χ3v) is 2.65. The average Bonchev–Trinajstić information content (AvgIpc) is 2.29. The van der Waals surface area contributed by atoms with Gasteiger partial charge in [0.05, 0.1) is 0 Å². The molecule has 2 aromatic carbocycles. The van der Waals surface area contributed by atoms with Crippen molar-refractivity contribution in [3.63, 3.8) is 0 Å². The Labute approximate surface area is 105 Å². The quantitative estimate of drug-likeness (QED) is 0.781. The number of hydrogen-bond acceptors (Lipinski definition) is 3.